The third-order valence-electron chi connectivity index (χ3n) is 6.90. The second-order valence-electron chi connectivity index (χ2n) is 10.1. The van der Waals surface area contributed by atoms with Crippen molar-refractivity contribution in [3.05, 3.63) is 29.8 Å². The topological polar surface area (TPSA) is 104 Å². The van der Waals surface area contributed by atoms with E-state index in [0.717, 1.165) is 18.4 Å². The van der Waals surface area contributed by atoms with E-state index in [1.807, 2.05) is 0 Å². The molecule has 1 aromatic carbocycles. The van der Waals surface area contributed by atoms with E-state index < -0.39 is 10.0 Å². The molecule has 3 fully saturated rings. The molecule has 4 rings (SSSR count). The van der Waals surface area contributed by atoms with Gasteiger partial charge in [0.25, 0.3) is 0 Å². The molecule has 0 aromatic heterocycles. The monoisotopic (exact) mass is 461 g/mol. The number of amides is 3. The summed E-state index contributed by atoms with van der Waals surface area (Å²) in [5.74, 6) is -0.501. The van der Waals surface area contributed by atoms with Crippen LogP contribution in [0.1, 0.15) is 64.9 Å². The Morgan fingerprint density at radius 1 is 0.969 bits per heavy atom. The third kappa shape index (κ3) is 4.32. The molecule has 0 aliphatic carbocycles. The van der Waals surface area contributed by atoms with Crippen LogP contribution in [0.25, 0.3) is 0 Å². The van der Waals surface area contributed by atoms with Gasteiger partial charge in [-0.05, 0) is 48.8 Å². The van der Waals surface area contributed by atoms with Crippen LogP contribution in [-0.2, 0) is 29.8 Å². The summed E-state index contributed by atoms with van der Waals surface area (Å²) in [5, 5.41) is 0. The number of rotatable bonds is 5. The summed E-state index contributed by atoms with van der Waals surface area (Å²) in [6.45, 7) is 5.86. The van der Waals surface area contributed by atoms with Crippen LogP contribution in [0, 0.1) is 0 Å². The molecule has 3 aliphatic heterocycles. The van der Waals surface area contributed by atoms with Crippen molar-refractivity contribution in [2.24, 2.45) is 0 Å². The highest BCUT2D eigenvalue weighted by Gasteiger charge is 2.47. The number of hydrogen-bond donors (Lipinski definition) is 1. The van der Waals surface area contributed by atoms with Gasteiger partial charge >= 0.3 is 0 Å². The van der Waals surface area contributed by atoms with Crippen LogP contribution in [0.5, 0.6) is 0 Å². The number of carbonyl (C=O) groups is 3. The molecular formula is C23H31N3O5S. The lowest BCUT2D eigenvalue weighted by molar-refractivity contribution is -0.144. The minimum atomic E-state index is -3.80. The first-order valence-electron chi connectivity index (χ1n) is 11.2. The molecule has 3 saturated heterocycles. The summed E-state index contributed by atoms with van der Waals surface area (Å²) in [6, 6.07) is 6.42. The van der Waals surface area contributed by atoms with E-state index in [2.05, 4.69) is 25.5 Å². The van der Waals surface area contributed by atoms with Gasteiger partial charge < -0.3 is 4.90 Å². The van der Waals surface area contributed by atoms with Gasteiger partial charge in [0.05, 0.1) is 11.4 Å². The maximum Gasteiger partial charge on any atom is 0.241 e. The number of hydrogen-bond acceptors (Lipinski definition) is 5. The summed E-state index contributed by atoms with van der Waals surface area (Å²) in [7, 11) is -3.80. The number of nitrogens with one attached hydrogen (secondary N) is 1. The molecule has 1 N–H and O–H groups in total. The summed E-state index contributed by atoms with van der Waals surface area (Å²) in [4.78, 5) is 40.4. The van der Waals surface area contributed by atoms with Gasteiger partial charge in [0, 0.05) is 31.0 Å². The molecule has 0 saturated carbocycles. The molecule has 1 aromatic rings. The quantitative estimate of drug-likeness (QED) is 0.675. The predicted octanol–water partition coefficient (Wildman–Crippen LogP) is 1.93. The SMILES string of the molecule is CC(C)(C)c1ccc(S(=O)(=O)NCC(=O)N2C3CCC2CC(N2C(=O)CCC2=O)C3)cc1. The van der Waals surface area contributed by atoms with Crippen LogP contribution in [0.15, 0.2) is 29.2 Å². The van der Waals surface area contributed by atoms with E-state index in [0.29, 0.717) is 12.8 Å². The highest BCUT2D eigenvalue weighted by molar-refractivity contribution is 7.89. The first-order valence-corrected chi connectivity index (χ1v) is 12.7. The van der Waals surface area contributed by atoms with Gasteiger partial charge in [-0.25, -0.2) is 13.1 Å². The Kier molecular flexibility index (Phi) is 5.92. The van der Waals surface area contributed by atoms with Gasteiger partial charge in [0.2, 0.25) is 27.7 Å². The number of sulfonamides is 1. The van der Waals surface area contributed by atoms with Gasteiger partial charge in [-0.15, -0.1) is 0 Å². The predicted molar refractivity (Wildman–Crippen MR) is 118 cm³/mol. The molecule has 174 valence electrons. The minimum absolute atomic E-state index is 0.0666. The number of imide groups is 1. The smallest absolute Gasteiger partial charge is 0.241 e. The van der Waals surface area contributed by atoms with Gasteiger partial charge in [-0.3, -0.25) is 19.3 Å². The fourth-order valence-corrected chi connectivity index (χ4v) is 6.21. The zero-order valence-electron chi connectivity index (χ0n) is 18.8. The summed E-state index contributed by atoms with van der Waals surface area (Å²) >= 11 is 0. The van der Waals surface area contributed by atoms with Crippen molar-refractivity contribution in [1.82, 2.24) is 14.5 Å². The van der Waals surface area contributed by atoms with E-state index in [1.54, 1.807) is 29.2 Å². The number of fused-ring (bicyclic) bond motifs is 2. The summed E-state index contributed by atoms with van der Waals surface area (Å²) < 4.78 is 27.8. The van der Waals surface area contributed by atoms with Crippen molar-refractivity contribution in [1.29, 1.82) is 0 Å². The Labute approximate surface area is 189 Å². The van der Waals surface area contributed by atoms with Gasteiger partial charge in [-0.1, -0.05) is 32.9 Å². The van der Waals surface area contributed by atoms with Crippen molar-refractivity contribution in [2.45, 2.75) is 87.7 Å². The second-order valence-corrected chi connectivity index (χ2v) is 11.8. The highest BCUT2D eigenvalue weighted by Crippen LogP contribution is 2.39. The first kappa shape index (κ1) is 22.9. The van der Waals surface area contributed by atoms with Crippen LogP contribution in [-0.4, -0.2) is 60.6 Å². The fourth-order valence-electron chi connectivity index (χ4n) is 5.23. The van der Waals surface area contributed by atoms with Crippen LogP contribution >= 0.6 is 0 Å². The average molecular weight is 462 g/mol. The molecule has 32 heavy (non-hydrogen) atoms. The van der Waals surface area contributed by atoms with Crippen LogP contribution in [0.3, 0.4) is 0 Å². The number of nitrogens with zero attached hydrogens (tertiary/aromatic N) is 2. The zero-order valence-corrected chi connectivity index (χ0v) is 19.7. The molecule has 0 spiro atoms. The number of benzene rings is 1. The van der Waals surface area contributed by atoms with Gasteiger partial charge in [-0.2, -0.15) is 0 Å². The molecule has 0 radical (unpaired) electrons. The average Bonchev–Trinajstić information content (AvgIpc) is 3.20. The van der Waals surface area contributed by atoms with E-state index in [9.17, 15) is 22.8 Å². The maximum absolute atomic E-state index is 12.9. The number of likely N-dealkylation sites (tertiary alicyclic amines) is 1. The Morgan fingerprint density at radius 2 is 1.50 bits per heavy atom. The Bertz CT molecular complexity index is 999. The maximum atomic E-state index is 12.9. The Hall–Kier alpha value is -2.26. The van der Waals surface area contributed by atoms with E-state index in [1.165, 1.54) is 4.90 Å². The van der Waals surface area contributed by atoms with Gasteiger partial charge in [0.15, 0.2) is 0 Å². The highest BCUT2D eigenvalue weighted by atomic mass is 32.2. The lowest BCUT2D eigenvalue weighted by Crippen LogP contribution is -2.55. The van der Waals surface area contributed by atoms with Crippen LogP contribution < -0.4 is 4.72 Å². The molecule has 2 bridgehead atoms. The Morgan fingerprint density at radius 3 is 2.00 bits per heavy atom. The summed E-state index contributed by atoms with van der Waals surface area (Å²) in [6.07, 6.45) is 3.30. The van der Waals surface area contributed by atoms with Crippen LogP contribution in [0.2, 0.25) is 0 Å². The van der Waals surface area contributed by atoms with E-state index in [-0.39, 0.29) is 65.5 Å². The zero-order chi connectivity index (χ0) is 23.3. The molecule has 8 nitrogen and oxygen atoms in total. The number of carbonyl (C=O) groups excluding carboxylic acids is 3. The molecule has 3 heterocycles. The minimum Gasteiger partial charge on any atom is -0.335 e. The van der Waals surface area contributed by atoms with E-state index >= 15 is 0 Å². The summed E-state index contributed by atoms with van der Waals surface area (Å²) in [5.41, 5.74) is 0.948. The second kappa shape index (κ2) is 8.26. The fraction of sp³-hybridized carbons (Fsp3) is 0.609. The van der Waals surface area contributed by atoms with Gasteiger partial charge in [0.1, 0.15) is 0 Å². The van der Waals surface area contributed by atoms with Crippen molar-refractivity contribution in [2.75, 3.05) is 6.54 Å². The van der Waals surface area contributed by atoms with Crippen molar-refractivity contribution in [3.8, 4) is 0 Å². The molecule has 2 atom stereocenters. The lowest BCUT2D eigenvalue weighted by atomic mass is 9.87. The molecule has 9 heteroatoms. The third-order valence-corrected chi connectivity index (χ3v) is 8.31. The van der Waals surface area contributed by atoms with Crippen molar-refractivity contribution in [3.63, 3.8) is 0 Å². The molecule has 2 unspecified atom stereocenters. The lowest BCUT2D eigenvalue weighted by Gasteiger charge is -2.41. The molecular weight excluding hydrogens is 430 g/mol. The van der Waals surface area contributed by atoms with E-state index in [4.69, 9.17) is 0 Å². The molecule has 3 aliphatic rings. The first-order chi connectivity index (χ1) is 15.0. The number of piperidine rings is 1. The Balaban J connectivity index is 1.38. The largest absolute Gasteiger partial charge is 0.335 e. The molecule has 3 amide bonds. The van der Waals surface area contributed by atoms with Crippen LogP contribution in [0.4, 0.5) is 0 Å². The standard InChI is InChI=1S/C23H31N3O5S/c1-23(2,3)15-4-8-19(9-5-15)32(30,31)24-14-22(29)25-16-6-7-17(25)13-18(12-16)26-20(27)10-11-21(26)28/h4-5,8-9,16-18,24H,6-7,10-14H2,1-3H3. The normalized spacial score (nSPS) is 26.2. The van der Waals surface area contributed by atoms with Crippen molar-refractivity contribution < 1.29 is 22.8 Å². The van der Waals surface area contributed by atoms with Crippen molar-refractivity contribution >= 4 is 27.7 Å².